The van der Waals surface area contributed by atoms with Crippen LogP contribution in [0.25, 0.3) is 0 Å². The molecule has 3 aromatic rings. The molecule has 0 spiro atoms. The highest BCUT2D eigenvalue weighted by atomic mass is 32.1. The van der Waals surface area contributed by atoms with Gasteiger partial charge in [0.05, 0.1) is 17.8 Å². The Morgan fingerprint density at radius 2 is 1.89 bits per heavy atom. The third-order valence-electron chi connectivity index (χ3n) is 4.97. The van der Waals surface area contributed by atoms with E-state index in [0.29, 0.717) is 6.04 Å². The first-order valence-electron chi connectivity index (χ1n) is 9.19. The van der Waals surface area contributed by atoms with E-state index >= 15 is 0 Å². The van der Waals surface area contributed by atoms with Crippen molar-refractivity contribution in [3.05, 3.63) is 84.2 Å². The van der Waals surface area contributed by atoms with Gasteiger partial charge in [-0.15, -0.1) is 0 Å². The van der Waals surface area contributed by atoms with Crippen LogP contribution >= 0.6 is 12.2 Å². The van der Waals surface area contributed by atoms with Crippen molar-refractivity contribution in [1.29, 1.82) is 0 Å². The van der Waals surface area contributed by atoms with Crippen LogP contribution in [0.3, 0.4) is 0 Å². The second kappa shape index (κ2) is 7.48. The van der Waals surface area contributed by atoms with E-state index in [0.717, 1.165) is 17.4 Å². The fourth-order valence-electron chi connectivity index (χ4n) is 3.71. The maximum Gasteiger partial charge on any atom is 0.170 e. The summed E-state index contributed by atoms with van der Waals surface area (Å²) < 4.78 is 2.32. The summed E-state index contributed by atoms with van der Waals surface area (Å²) in [5.41, 5.74) is 3.42. The number of hydrogen-bond donors (Lipinski definition) is 1. The molecule has 1 N–H and O–H groups in total. The molecule has 0 amide bonds. The van der Waals surface area contributed by atoms with Gasteiger partial charge in [-0.2, -0.15) is 0 Å². The molecular formula is C21H23N5S. The van der Waals surface area contributed by atoms with Crippen LogP contribution in [-0.2, 0) is 6.54 Å². The molecule has 1 aliphatic heterocycles. The van der Waals surface area contributed by atoms with Crippen molar-refractivity contribution in [3.8, 4) is 0 Å². The summed E-state index contributed by atoms with van der Waals surface area (Å²) in [6.07, 6.45) is 7.62. The predicted octanol–water partition coefficient (Wildman–Crippen LogP) is 4.03. The highest BCUT2D eigenvalue weighted by Gasteiger charge is 2.41. The highest BCUT2D eigenvalue weighted by Crippen LogP contribution is 2.40. The van der Waals surface area contributed by atoms with Crippen LogP contribution in [-0.4, -0.2) is 24.5 Å². The standard InChI is InChI=1S/C21H23N5S/c1-15(2)25-13-5-7-18(25)20-19(17-6-3-4-10-23-17)24-21(27)26(20)14-16-8-11-22-12-9-16/h3-13,15,19-20H,14H2,1-2H3,(H,24,27)/t19-,20-/m1/s1. The van der Waals surface area contributed by atoms with Gasteiger partial charge in [0.2, 0.25) is 0 Å². The molecule has 4 heterocycles. The molecular weight excluding hydrogens is 354 g/mol. The van der Waals surface area contributed by atoms with Gasteiger partial charge in [-0.1, -0.05) is 6.07 Å². The van der Waals surface area contributed by atoms with Gasteiger partial charge in [-0.3, -0.25) is 9.97 Å². The van der Waals surface area contributed by atoms with Gasteiger partial charge in [0.1, 0.15) is 0 Å². The third kappa shape index (κ3) is 3.45. The Morgan fingerprint density at radius 1 is 1.07 bits per heavy atom. The normalized spacial score (nSPS) is 19.5. The molecule has 1 saturated heterocycles. The summed E-state index contributed by atoms with van der Waals surface area (Å²) in [5.74, 6) is 0. The topological polar surface area (TPSA) is 46.0 Å². The molecule has 138 valence electrons. The van der Waals surface area contributed by atoms with Crippen LogP contribution in [0.15, 0.2) is 67.3 Å². The maximum atomic E-state index is 5.74. The van der Waals surface area contributed by atoms with Gasteiger partial charge < -0.3 is 14.8 Å². The smallest absolute Gasteiger partial charge is 0.170 e. The van der Waals surface area contributed by atoms with Gasteiger partial charge in [0.25, 0.3) is 0 Å². The summed E-state index contributed by atoms with van der Waals surface area (Å²) in [6, 6.07) is 14.8. The van der Waals surface area contributed by atoms with Gasteiger partial charge in [0, 0.05) is 43.1 Å². The molecule has 5 nitrogen and oxygen atoms in total. The summed E-state index contributed by atoms with van der Waals surface area (Å²) >= 11 is 5.74. The van der Waals surface area contributed by atoms with Crippen molar-refractivity contribution in [1.82, 2.24) is 24.8 Å². The van der Waals surface area contributed by atoms with Crippen molar-refractivity contribution < 1.29 is 0 Å². The van der Waals surface area contributed by atoms with Gasteiger partial charge in [0.15, 0.2) is 5.11 Å². The van der Waals surface area contributed by atoms with Crippen LogP contribution in [0.5, 0.6) is 0 Å². The van der Waals surface area contributed by atoms with Crippen molar-refractivity contribution in [3.63, 3.8) is 0 Å². The predicted molar refractivity (Wildman–Crippen MR) is 110 cm³/mol. The Bertz CT molecular complexity index is 907. The largest absolute Gasteiger partial charge is 0.352 e. The average molecular weight is 378 g/mol. The van der Waals surface area contributed by atoms with E-state index in [1.54, 1.807) is 0 Å². The number of aromatic nitrogens is 3. The molecule has 2 atom stereocenters. The van der Waals surface area contributed by atoms with Crippen LogP contribution in [0.4, 0.5) is 0 Å². The molecule has 27 heavy (non-hydrogen) atoms. The molecule has 3 aromatic heterocycles. The van der Waals surface area contributed by atoms with E-state index in [1.807, 2.05) is 42.9 Å². The lowest BCUT2D eigenvalue weighted by Crippen LogP contribution is -2.30. The number of pyridine rings is 2. The van der Waals surface area contributed by atoms with E-state index < -0.39 is 0 Å². The zero-order valence-electron chi connectivity index (χ0n) is 15.5. The van der Waals surface area contributed by atoms with E-state index in [4.69, 9.17) is 12.2 Å². The Morgan fingerprint density at radius 3 is 2.59 bits per heavy atom. The second-order valence-electron chi connectivity index (χ2n) is 7.04. The minimum atomic E-state index is 0.00735. The number of nitrogens with one attached hydrogen (secondary N) is 1. The van der Waals surface area contributed by atoms with E-state index in [9.17, 15) is 0 Å². The lowest BCUT2D eigenvalue weighted by atomic mass is 10.0. The fourth-order valence-corrected chi connectivity index (χ4v) is 4.02. The summed E-state index contributed by atoms with van der Waals surface area (Å²) in [7, 11) is 0. The minimum Gasteiger partial charge on any atom is -0.352 e. The number of nitrogens with zero attached hydrogens (tertiary/aromatic N) is 4. The molecule has 6 heteroatoms. The Labute approximate surface area is 165 Å². The zero-order chi connectivity index (χ0) is 18.8. The quantitative estimate of drug-likeness (QED) is 0.680. The summed E-state index contributed by atoms with van der Waals surface area (Å²) in [5, 5.41) is 4.26. The van der Waals surface area contributed by atoms with Crippen LogP contribution in [0.2, 0.25) is 0 Å². The first-order valence-corrected chi connectivity index (χ1v) is 9.59. The molecule has 4 rings (SSSR count). The molecule has 0 radical (unpaired) electrons. The molecule has 0 aliphatic carbocycles. The first-order chi connectivity index (χ1) is 13.1. The Hall–Kier alpha value is -2.73. The number of rotatable bonds is 5. The zero-order valence-corrected chi connectivity index (χ0v) is 16.3. The maximum absolute atomic E-state index is 5.74. The molecule has 0 unspecified atom stereocenters. The molecule has 1 fully saturated rings. The lowest BCUT2D eigenvalue weighted by Gasteiger charge is -2.29. The van der Waals surface area contributed by atoms with Crippen molar-refractivity contribution in [2.75, 3.05) is 0 Å². The van der Waals surface area contributed by atoms with E-state index in [2.05, 4.69) is 63.0 Å². The number of hydrogen-bond acceptors (Lipinski definition) is 3. The third-order valence-corrected chi connectivity index (χ3v) is 5.32. The summed E-state index contributed by atoms with van der Waals surface area (Å²) in [4.78, 5) is 11.0. The van der Waals surface area contributed by atoms with Crippen LogP contribution in [0, 0.1) is 0 Å². The SMILES string of the molecule is CC(C)n1cccc1[C@@H]1[C@@H](c2ccccn2)NC(=S)N1Cc1ccncc1. The van der Waals surface area contributed by atoms with E-state index in [-0.39, 0.29) is 12.1 Å². The van der Waals surface area contributed by atoms with Crippen molar-refractivity contribution >= 4 is 17.3 Å². The van der Waals surface area contributed by atoms with Gasteiger partial charge in [-0.25, -0.2) is 0 Å². The van der Waals surface area contributed by atoms with Crippen molar-refractivity contribution in [2.24, 2.45) is 0 Å². The van der Waals surface area contributed by atoms with Gasteiger partial charge >= 0.3 is 0 Å². The average Bonchev–Trinajstić information content (AvgIpc) is 3.28. The highest BCUT2D eigenvalue weighted by molar-refractivity contribution is 7.80. The molecule has 0 aromatic carbocycles. The molecule has 1 aliphatic rings. The van der Waals surface area contributed by atoms with Crippen molar-refractivity contribution in [2.45, 2.75) is 38.5 Å². The first kappa shape index (κ1) is 17.7. The monoisotopic (exact) mass is 377 g/mol. The molecule has 0 saturated carbocycles. The van der Waals surface area contributed by atoms with E-state index in [1.165, 1.54) is 11.3 Å². The van der Waals surface area contributed by atoms with Crippen LogP contribution in [0.1, 0.15) is 48.9 Å². The second-order valence-corrected chi connectivity index (χ2v) is 7.43. The van der Waals surface area contributed by atoms with Crippen LogP contribution < -0.4 is 5.32 Å². The summed E-state index contributed by atoms with van der Waals surface area (Å²) in [6.45, 7) is 5.13. The number of thiocarbonyl (C=S) groups is 1. The minimum absolute atomic E-state index is 0.00735. The molecule has 0 bridgehead atoms. The Kier molecular flexibility index (Phi) is 4.90. The lowest BCUT2D eigenvalue weighted by molar-refractivity contribution is 0.293. The fraction of sp³-hybridized carbons (Fsp3) is 0.286. The van der Waals surface area contributed by atoms with Gasteiger partial charge in [-0.05, 0) is 68.0 Å². The Balaban J connectivity index is 1.77.